The second kappa shape index (κ2) is 18.0. The van der Waals surface area contributed by atoms with Crippen LogP contribution in [0.15, 0.2) is 166 Å². The fraction of sp³-hybridized carbons (Fsp3) is 0.292. The van der Waals surface area contributed by atoms with E-state index in [0.717, 1.165) is 45.8 Å². The van der Waals surface area contributed by atoms with E-state index in [1.54, 1.807) is 0 Å². The van der Waals surface area contributed by atoms with Crippen LogP contribution in [0.5, 0.6) is 0 Å². The zero-order valence-corrected chi connectivity index (χ0v) is 32.6. The minimum absolute atomic E-state index is 0.0114. The molecule has 10 nitrogen and oxygen atoms in total. The van der Waals surface area contributed by atoms with E-state index in [0.29, 0.717) is 65.7 Å². The largest absolute Gasteiger partial charge is 0.477 e. The third-order valence-corrected chi connectivity index (χ3v) is 10.8. The summed E-state index contributed by atoms with van der Waals surface area (Å²) >= 11 is 0. The Labute approximate surface area is 340 Å². The monoisotopic (exact) mass is 772 g/mol. The summed E-state index contributed by atoms with van der Waals surface area (Å²) in [5, 5.41) is 0. The molecule has 0 radical (unpaired) electrons. The second-order valence-corrected chi connectivity index (χ2v) is 15.2. The van der Waals surface area contributed by atoms with Crippen molar-refractivity contribution in [1.29, 1.82) is 0 Å². The van der Waals surface area contributed by atoms with Crippen LogP contribution in [0.3, 0.4) is 0 Å². The molecule has 0 bridgehead atoms. The van der Waals surface area contributed by atoms with Gasteiger partial charge in [0.15, 0.2) is 23.6 Å². The maximum Gasteiger partial charge on any atom is 0.198 e. The van der Waals surface area contributed by atoms with Crippen LogP contribution in [0.4, 0.5) is 0 Å². The molecule has 5 aromatic rings. The van der Waals surface area contributed by atoms with Gasteiger partial charge < -0.3 is 18.9 Å². The van der Waals surface area contributed by atoms with Gasteiger partial charge in [-0.15, -0.1) is 0 Å². The summed E-state index contributed by atoms with van der Waals surface area (Å²) in [5.74, 6) is 2.91. The first-order valence-corrected chi connectivity index (χ1v) is 20.2. The number of aliphatic imine (C=N–C) groups is 4. The molecule has 4 atom stereocenters. The average Bonchev–Trinajstić information content (AvgIpc) is 4.12. The number of nitrogens with zero attached hydrogens (tertiary/aromatic N) is 6. The maximum atomic E-state index is 6.19. The molecule has 0 saturated carbocycles. The highest BCUT2D eigenvalue weighted by atomic mass is 16.5. The van der Waals surface area contributed by atoms with E-state index < -0.39 is 0 Å². The molecule has 0 N–H and O–H groups in total. The lowest BCUT2D eigenvalue weighted by atomic mass is 10.1. The van der Waals surface area contributed by atoms with Crippen molar-refractivity contribution < 1.29 is 18.9 Å². The summed E-state index contributed by atoms with van der Waals surface area (Å²) in [6.45, 7) is 5.62. The predicted octanol–water partition coefficient (Wildman–Crippen LogP) is 7.97. The van der Waals surface area contributed by atoms with Crippen molar-refractivity contribution in [3.05, 3.63) is 179 Å². The Morgan fingerprint density at radius 1 is 0.345 bits per heavy atom. The quantitative estimate of drug-likeness (QED) is 0.101. The van der Waals surface area contributed by atoms with Gasteiger partial charge in [-0.1, -0.05) is 146 Å². The van der Waals surface area contributed by atoms with E-state index in [4.69, 9.17) is 38.9 Å². The molecule has 10 heteroatoms. The van der Waals surface area contributed by atoms with E-state index in [1.165, 1.54) is 11.1 Å². The van der Waals surface area contributed by atoms with Crippen LogP contribution < -0.4 is 0 Å². The molecule has 294 valence electrons. The van der Waals surface area contributed by atoms with Gasteiger partial charge in [0, 0.05) is 13.1 Å². The normalized spacial score (nSPS) is 21.1. The lowest BCUT2D eigenvalue weighted by molar-refractivity contribution is 0.255. The van der Waals surface area contributed by atoms with Crippen molar-refractivity contribution in [3.63, 3.8) is 0 Å². The Bertz CT molecular complexity index is 1960. The third kappa shape index (κ3) is 9.53. The molecule has 0 amide bonds. The molecule has 4 heterocycles. The summed E-state index contributed by atoms with van der Waals surface area (Å²) < 4.78 is 24.8. The average molecular weight is 773 g/mol. The number of hydrogen-bond acceptors (Lipinski definition) is 10. The van der Waals surface area contributed by atoms with Crippen LogP contribution >= 0.6 is 0 Å². The molecule has 4 unspecified atom stereocenters. The Hall–Kier alpha value is -6.10. The van der Waals surface area contributed by atoms with Crippen LogP contribution in [-0.2, 0) is 32.0 Å². The van der Waals surface area contributed by atoms with Gasteiger partial charge in [0.25, 0.3) is 0 Å². The predicted molar refractivity (Wildman–Crippen MR) is 227 cm³/mol. The lowest BCUT2D eigenvalue weighted by Gasteiger charge is -2.23. The van der Waals surface area contributed by atoms with E-state index in [2.05, 4.69) is 82.6 Å². The smallest absolute Gasteiger partial charge is 0.198 e. The van der Waals surface area contributed by atoms with Crippen molar-refractivity contribution in [2.24, 2.45) is 20.0 Å². The molecule has 4 aliphatic heterocycles. The molecule has 4 aliphatic rings. The van der Waals surface area contributed by atoms with Gasteiger partial charge in [-0.2, -0.15) is 0 Å². The first-order valence-electron chi connectivity index (χ1n) is 20.2. The maximum absolute atomic E-state index is 6.19. The van der Waals surface area contributed by atoms with E-state index >= 15 is 0 Å². The molecule has 0 spiro atoms. The van der Waals surface area contributed by atoms with Gasteiger partial charge in [-0.25, -0.2) is 20.0 Å². The fourth-order valence-corrected chi connectivity index (χ4v) is 7.87. The van der Waals surface area contributed by atoms with Crippen molar-refractivity contribution >= 4 is 23.6 Å². The van der Waals surface area contributed by atoms with Gasteiger partial charge in [0.2, 0.25) is 0 Å². The molecule has 5 aromatic carbocycles. The number of rotatable bonds is 16. The second-order valence-electron chi connectivity index (χ2n) is 15.2. The highest BCUT2D eigenvalue weighted by molar-refractivity contribution is 5.84. The lowest BCUT2D eigenvalue weighted by Crippen LogP contribution is -2.35. The summed E-state index contributed by atoms with van der Waals surface area (Å²) in [6.07, 6.45) is 0. The highest BCUT2D eigenvalue weighted by Gasteiger charge is 2.28. The van der Waals surface area contributed by atoms with Crippen molar-refractivity contribution in [1.82, 2.24) is 9.80 Å². The Kier molecular flexibility index (Phi) is 11.6. The summed E-state index contributed by atoms with van der Waals surface area (Å²) in [7, 11) is 0. The minimum atomic E-state index is -0.0114. The Balaban J connectivity index is 0.933. The van der Waals surface area contributed by atoms with Gasteiger partial charge in [-0.3, -0.25) is 9.80 Å². The summed E-state index contributed by atoms with van der Waals surface area (Å²) in [4.78, 5) is 24.6. The van der Waals surface area contributed by atoms with Crippen LogP contribution in [-0.4, -0.2) is 86.0 Å². The van der Waals surface area contributed by atoms with E-state index in [9.17, 15) is 0 Å². The van der Waals surface area contributed by atoms with Crippen LogP contribution in [0, 0.1) is 0 Å². The Morgan fingerprint density at radius 3 is 0.897 bits per heavy atom. The number of hydrogen-bond donors (Lipinski definition) is 0. The van der Waals surface area contributed by atoms with Crippen molar-refractivity contribution in [2.75, 3.05) is 52.6 Å². The molecule has 0 aromatic heterocycles. The molecule has 0 saturated heterocycles. The third-order valence-electron chi connectivity index (χ3n) is 10.8. The standard InChI is InChI=1S/C48H48N6O4/c1-5-16-37(17-6-1)41-31-55-45(49-41)27-53(28-46-50-42(32-56-46)38-18-7-2-8-19-38)25-35-14-13-15-36(24-35)26-54(29-47-51-43(33-57-47)39-20-9-3-10-21-39)30-48-52-44(34-58-48)40-22-11-4-12-23-40/h1-24,41-44H,25-34H2. The zero-order chi connectivity index (χ0) is 38.9. The number of benzene rings is 5. The SMILES string of the molecule is c1ccc(C2COC(CN(CC3=NC(c4ccccc4)CO3)Cc3cccc(CN(CC4=NC(c5ccccc5)CO4)CC4=NC(c5ccccc5)CO4)c3)=N2)cc1. The zero-order valence-electron chi connectivity index (χ0n) is 32.6. The van der Waals surface area contributed by atoms with Gasteiger partial charge >= 0.3 is 0 Å². The first-order chi connectivity index (χ1) is 28.7. The van der Waals surface area contributed by atoms with Crippen LogP contribution in [0.2, 0.25) is 0 Å². The molecule has 9 rings (SSSR count). The summed E-state index contributed by atoms with van der Waals surface area (Å²) in [5.41, 5.74) is 6.97. The minimum Gasteiger partial charge on any atom is -0.477 e. The molecule has 0 aliphatic carbocycles. The van der Waals surface area contributed by atoms with E-state index in [-0.39, 0.29) is 24.2 Å². The molecular formula is C48H48N6O4. The van der Waals surface area contributed by atoms with Crippen LogP contribution in [0.1, 0.15) is 57.5 Å². The van der Waals surface area contributed by atoms with Crippen LogP contribution in [0.25, 0.3) is 0 Å². The first kappa shape index (κ1) is 37.5. The molecule has 0 fully saturated rings. The Morgan fingerprint density at radius 2 is 0.621 bits per heavy atom. The molecular weight excluding hydrogens is 725 g/mol. The molecule has 58 heavy (non-hydrogen) atoms. The topological polar surface area (TPSA) is 92.8 Å². The van der Waals surface area contributed by atoms with Gasteiger partial charge in [0.1, 0.15) is 50.6 Å². The van der Waals surface area contributed by atoms with Crippen molar-refractivity contribution in [3.8, 4) is 0 Å². The number of ether oxygens (including phenoxy) is 4. The fourth-order valence-electron chi connectivity index (χ4n) is 7.87. The van der Waals surface area contributed by atoms with Crippen molar-refractivity contribution in [2.45, 2.75) is 37.3 Å². The summed E-state index contributed by atoms with van der Waals surface area (Å²) in [6, 6.07) is 50.1. The highest BCUT2D eigenvalue weighted by Crippen LogP contribution is 2.28. The van der Waals surface area contributed by atoms with E-state index in [1.807, 2.05) is 72.8 Å². The van der Waals surface area contributed by atoms with Gasteiger partial charge in [-0.05, 0) is 33.4 Å². The van der Waals surface area contributed by atoms with Gasteiger partial charge in [0.05, 0.1) is 26.2 Å².